The fraction of sp³-hybridized carbons (Fsp3) is 0.526. The van der Waals surface area contributed by atoms with E-state index in [9.17, 15) is 22.8 Å². The Bertz CT molecular complexity index is 718. The molecule has 0 aromatic heterocycles. The van der Waals surface area contributed by atoms with Gasteiger partial charge in [-0.1, -0.05) is 12.8 Å². The van der Waals surface area contributed by atoms with Gasteiger partial charge in [-0.25, -0.2) is 6.57 Å². The van der Waals surface area contributed by atoms with Gasteiger partial charge in [0.15, 0.2) is 12.4 Å². The normalized spacial score (nSPS) is 17.0. The quantitative estimate of drug-likeness (QED) is 0.393. The molecule has 0 saturated heterocycles. The van der Waals surface area contributed by atoms with Gasteiger partial charge in [-0.2, -0.15) is 0 Å². The maximum Gasteiger partial charge on any atom is 0.573 e. The van der Waals surface area contributed by atoms with Gasteiger partial charge in [0.2, 0.25) is 0 Å². The van der Waals surface area contributed by atoms with Gasteiger partial charge >= 0.3 is 12.3 Å². The van der Waals surface area contributed by atoms with Crippen LogP contribution in [0.5, 0.6) is 5.75 Å². The third kappa shape index (κ3) is 6.27. The summed E-state index contributed by atoms with van der Waals surface area (Å²) in [5.41, 5.74) is -1.08. The van der Waals surface area contributed by atoms with Crippen molar-refractivity contribution in [3.05, 3.63) is 41.2 Å². The van der Waals surface area contributed by atoms with E-state index in [2.05, 4.69) is 9.58 Å². The lowest BCUT2D eigenvalue weighted by Crippen LogP contribution is -2.32. The number of alkyl halides is 3. The first-order valence-electron chi connectivity index (χ1n) is 8.56. The molecule has 146 valence electrons. The number of esters is 1. The van der Waals surface area contributed by atoms with E-state index in [1.54, 1.807) is 0 Å². The van der Waals surface area contributed by atoms with E-state index in [4.69, 9.17) is 11.3 Å². The van der Waals surface area contributed by atoms with E-state index in [1.165, 1.54) is 19.1 Å². The minimum absolute atomic E-state index is 0.142. The Balaban J connectivity index is 1.94. The lowest BCUT2D eigenvalue weighted by molar-refractivity contribution is -0.274. The number of ketones is 1. The minimum atomic E-state index is -4.81. The molecular formula is C19H20F3NO4. The van der Waals surface area contributed by atoms with Crippen LogP contribution in [-0.4, -0.2) is 30.3 Å². The molecule has 8 heteroatoms. The molecule has 27 heavy (non-hydrogen) atoms. The molecule has 0 bridgehead atoms. The third-order valence-electron chi connectivity index (χ3n) is 4.44. The molecule has 1 atom stereocenters. The summed E-state index contributed by atoms with van der Waals surface area (Å²) in [6, 6.07) is 4.49. The van der Waals surface area contributed by atoms with Crippen molar-refractivity contribution in [2.24, 2.45) is 5.92 Å². The first-order chi connectivity index (χ1) is 12.6. The topological polar surface area (TPSA) is 57.0 Å². The number of hydrogen-bond acceptors (Lipinski definition) is 4. The Morgan fingerprint density at radius 1 is 1.19 bits per heavy atom. The van der Waals surface area contributed by atoms with Gasteiger partial charge in [-0.05, 0) is 37.1 Å². The van der Waals surface area contributed by atoms with Crippen LogP contribution >= 0.6 is 0 Å². The average Bonchev–Trinajstić information content (AvgIpc) is 3.13. The Kier molecular flexibility index (Phi) is 6.47. The summed E-state index contributed by atoms with van der Waals surface area (Å²) in [4.78, 5) is 27.8. The van der Waals surface area contributed by atoms with Crippen LogP contribution in [0.25, 0.3) is 4.85 Å². The first kappa shape index (κ1) is 20.7. The highest BCUT2D eigenvalue weighted by molar-refractivity contribution is 5.97. The zero-order valence-electron chi connectivity index (χ0n) is 14.8. The Labute approximate surface area is 155 Å². The smallest absolute Gasteiger partial charge is 0.457 e. The molecule has 0 N–H and O–H groups in total. The van der Waals surface area contributed by atoms with Crippen molar-refractivity contribution in [2.45, 2.75) is 50.9 Å². The van der Waals surface area contributed by atoms with Crippen molar-refractivity contribution in [3.8, 4) is 5.75 Å². The van der Waals surface area contributed by atoms with Crippen LogP contribution in [0, 0.1) is 12.5 Å². The van der Waals surface area contributed by atoms with E-state index < -0.39 is 23.4 Å². The van der Waals surface area contributed by atoms with Gasteiger partial charge in [0, 0.05) is 12.5 Å². The lowest BCUT2D eigenvalue weighted by atomic mass is 9.93. The van der Waals surface area contributed by atoms with E-state index in [-0.39, 0.29) is 30.5 Å². The maximum absolute atomic E-state index is 12.4. The number of ether oxygens (including phenoxy) is 2. The van der Waals surface area contributed by atoms with Crippen molar-refractivity contribution in [3.63, 3.8) is 0 Å². The fourth-order valence-electron chi connectivity index (χ4n) is 2.92. The predicted octanol–water partition coefficient (Wildman–Crippen LogP) is 4.57. The molecule has 0 spiro atoms. The molecule has 0 amide bonds. The average molecular weight is 383 g/mol. The highest BCUT2D eigenvalue weighted by Gasteiger charge is 2.37. The van der Waals surface area contributed by atoms with Crippen LogP contribution in [0.2, 0.25) is 0 Å². The molecule has 0 heterocycles. The van der Waals surface area contributed by atoms with Crippen molar-refractivity contribution >= 4 is 11.8 Å². The van der Waals surface area contributed by atoms with Gasteiger partial charge in [-0.3, -0.25) is 9.59 Å². The number of hydrogen-bond donors (Lipinski definition) is 0. The molecule has 5 nitrogen and oxygen atoms in total. The summed E-state index contributed by atoms with van der Waals surface area (Å²) in [5, 5.41) is 0. The number of benzene rings is 1. The second kappa shape index (κ2) is 8.42. The van der Waals surface area contributed by atoms with Crippen LogP contribution in [-0.2, 0) is 9.53 Å². The van der Waals surface area contributed by atoms with E-state index >= 15 is 0 Å². The van der Waals surface area contributed by atoms with Gasteiger partial charge in [0.1, 0.15) is 5.75 Å². The molecule has 1 aromatic rings. The van der Waals surface area contributed by atoms with Gasteiger partial charge in [0.05, 0.1) is 12.3 Å². The van der Waals surface area contributed by atoms with E-state index in [1.807, 2.05) is 0 Å². The standard InChI is InChI=1S/C19H20F3NO4/c1-18(23-2,12-26-17(25)14-5-3-4-6-14)11-16(24)13-7-9-15(10-8-13)27-19(20,21)22/h7-10,14H,3-6,11-12H2,1H3. The number of carbonyl (C=O) groups excluding carboxylic acids is 2. The van der Waals surface area contributed by atoms with Crippen LogP contribution < -0.4 is 4.74 Å². The summed E-state index contributed by atoms with van der Waals surface area (Å²) in [6.07, 6.45) is -1.51. The van der Waals surface area contributed by atoms with Crippen LogP contribution in [0.1, 0.15) is 49.4 Å². The predicted molar refractivity (Wildman–Crippen MR) is 90.0 cm³/mol. The second-order valence-electron chi connectivity index (χ2n) is 6.87. The number of halogens is 3. The third-order valence-corrected chi connectivity index (χ3v) is 4.44. The fourth-order valence-corrected chi connectivity index (χ4v) is 2.92. The van der Waals surface area contributed by atoms with Crippen LogP contribution in [0.3, 0.4) is 0 Å². The molecule has 0 aliphatic heterocycles. The molecule has 1 aromatic carbocycles. The summed E-state index contributed by atoms with van der Waals surface area (Å²) >= 11 is 0. The van der Waals surface area contributed by atoms with Crippen LogP contribution in [0.4, 0.5) is 13.2 Å². The maximum atomic E-state index is 12.4. The Hall–Kier alpha value is -2.56. The van der Waals surface area contributed by atoms with E-state index in [0.717, 1.165) is 37.8 Å². The van der Waals surface area contributed by atoms with Crippen molar-refractivity contribution in [2.75, 3.05) is 6.61 Å². The summed E-state index contributed by atoms with van der Waals surface area (Å²) in [5.74, 6) is -1.35. The van der Waals surface area contributed by atoms with Gasteiger partial charge < -0.3 is 14.3 Å². The molecule has 0 radical (unpaired) electrons. The van der Waals surface area contributed by atoms with Crippen molar-refractivity contribution in [1.29, 1.82) is 0 Å². The molecule has 1 unspecified atom stereocenters. The lowest BCUT2D eigenvalue weighted by Gasteiger charge is -2.18. The van der Waals surface area contributed by atoms with Gasteiger partial charge in [0.25, 0.3) is 5.54 Å². The monoisotopic (exact) mass is 383 g/mol. The minimum Gasteiger partial charge on any atom is -0.457 e. The van der Waals surface area contributed by atoms with Crippen molar-refractivity contribution in [1.82, 2.24) is 0 Å². The Morgan fingerprint density at radius 2 is 1.78 bits per heavy atom. The van der Waals surface area contributed by atoms with Gasteiger partial charge in [-0.15, -0.1) is 13.2 Å². The molecule has 1 fully saturated rings. The SMILES string of the molecule is [C-]#[N+]C(C)(COC(=O)C1CCCC1)CC(=O)c1ccc(OC(F)(F)F)cc1. The number of Topliss-reactive ketones (excluding diaryl/α,β-unsaturated/α-hetero) is 1. The number of nitrogens with zero attached hydrogens (tertiary/aromatic N) is 1. The highest BCUT2D eigenvalue weighted by atomic mass is 19.4. The summed E-state index contributed by atoms with van der Waals surface area (Å²) in [6.45, 7) is 8.65. The molecule has 2 rings (SSSR count). The van der Waals surface area contributed by atoms with Crippen molar-refractivity contribution < 1.29 is 32.2 Å². The molecular weight excluding hydrogens is 363 g/mol. The molecule has 1 aliphatic rings. The van der Waals surface area contributed by atoms with Crippen LogP contribution in [0.15, 0.2) is 24.3 Å². The largest absolute Gasteiger partial charge is 0.573 e. The van der Waals surface area contributed by atoms with E-state index in [0.29, 0.717) is 0 Å². The zero-order chi connectivity index (χ0) is 20.1. The Morgan fingerprint density at radius 3 is 2.30 bits per heavy atom. The molecule has 1 aliphatic carbocycles. The number of rotatable bonds is 7. The summed E-state index contributed by atoms with van der Waals surface area (Å²) in [7, 11) is 0. The first-order valence-corrected chi connectivity index (χ1v) is 8.56. The zero-order valence-corrected chi connectivity index (χ0v) is 14.8. The number of carbonyl (C=O) groups is 2. The second-order valence-corrected chi connectivity index (χ2v) is 6.87. The highest BCUT2D eigenvalue weighted by Crippen LogP contribution is 2.28. The molecule has 1 saturated carbocycles. The summed E-state index contributed by atoms with van der Waals surface area (Å²) < 4.78 is 45.5.